The van der Waals surface area contributed by atoms with E-state index in [2.05, 4.69) is 5.32 Å². The number of nitrogens with one attached hydrogen (secondary N) is 1. The molecule has 3 N–H and O–H groups in total. The summed E-state index contributed by atoms with van der Waals surface area (Å²) >= 11 is 0. The summed E-state index contributed by atoms with van der Waals surface area (Å²) in [7, 11) is 0. The summed E-state index contributed by atoms with van der Waals surface area (Å²) in [6.07, 6.45) is 4.73. The Bertz CT molecular complexity index is 705. The van der Waals surface area contributed by atoms with Gasteiger partial charge in [-0.3, -0.25) is 19.7 Å². The molecule has 0 spiro atoms. The smallest absolute Gasteiger partial charge is 0.255 e. The quantitative estimate of drug-likeness (QED) is 0.525. The fourth-order valence-electron chi connectivity index (χ4n) is 3.47. The Hall–Kier alpha value is -2.41. The van der Waals surface area contributed by atoms with Crippen LogP contribution in [0.2, 0.25) is 0 Å². The molecule has 0 radical (unpaired) electrons. The molecule has 1 atom stereocenters. The summed E-state index contributed by atoms with van der Waals surface area (Å²) < 4.78 is 5.89. The third kappa shape index (κ3) is 5.10. The number of nitrogens with two attached hydrogens (primary N) is 1. The molecule has 2 aliphatic rings. The molecule has 7 heteroatoms. The topological polar surface area (TPSA) is 102 Å². The first-order valence-corrected chi connectivity index (χ1v) is 10.2. The second kappa shape index (κ2) is 10.8. The lowest BCUT2D eigenvalue weighted by Crippen LogP contribution is -2.52. The maximum atomic E-state index is 12.7. The molecule has 1 fully saturated rings. The molecule has 1 unspecified atom stereocenters. The standard InChI is InChI=1S/C19H25N3O4.C2H6/c20-10-3-1-2-4-11-26-16-7-5-6-13-14(16)12-22(19(13)25)15-8-9-17(23)21-18(15)24;1-2/h5-7,15H,1-4,8-12,20H2,(H,21,23,24);1-2H3. The Kier molecular flexibility index (Phi) is 8.44. The summed E-state index contributed by atoms with van der Waals surface area (Å²) in [4.78, 5) is 37.7. The van der Waals surface area contributed by atoms with E-state index in [9.17, 15) is 14.4 Å². The summed E-state index contributed by atoms with van der Waals surface area (Å²) in [6, 6.07) is 4.82. The van der Waals surface area contributed by atoms with E-state index < -0.39 is 11.9 Å². The predicted molar refractivity (Wildman–Crippen MR) is 107 cm³/mol. The average molecular weight is 389 g/mol. The van der Waals surface area contributed by atoms with Gasteiger partial charge in [-0.05, 0) is 37.9 Å². The SMILES string of the molecule is CC.NCCCCCCOc1cccc2c1CN(C1CCC(=O)NC1=O)C2=O. The minimum Gasteiger partial charge on any atom is -0.493 e. The van der Waals surface area contributed by atoms with Crippen LogP contribution in [0.15, 0.2) is 18.2 Å². The molecule has 0 saturated carbocycles. The van der Waals surface area contributed by atoms with Crippen LogP contribution < -0.4 is 15.8 Å². The first-order chi connectivity index (χ1) is 13.6. The molecule has 1 aromatic rings. The molecule has 2 heterocycles. The summed E-state index contributed by atoms with van der Waals surface area (Å²) in [5.74, 6) is -0.161. The monoisotopic (exact) mass is 389 g/mol. The number of unbranched alkanes of at least 4 members (excludes halogenated alkanes) is 3. The molecule has 28 heavy (non-hydrogen) atoms. The van der Waals surface area contributed by atoms with E-state index >= 15 is 0 Å². The zero-order chi connectivity index (χ0) is 20.5. The zero-order valence-electron chi connectivity index (χ0n) is 16.8. The third-order valence-corrected chi connectivity index (χ3v) is 4.90. The van der Waals surface area contributed by atoms with Crippen molar-refractivity contribution in [2.24, 2.45) is 5.73 Å². The second-order valence-electron chi connectivity index (χ2n) is 6.73. The molecular formula is C21H31N3O4. The molecule has 1 aromatic carbocycles. The second-order valence-corrected chi connectivity index (χ2v) is 6.73. The molecule has 0 aliphatic carbocycles. The van der Waals surface area contributed by atoms with Crippen molar-refractivity contribution in [3.8, 4) is 5.75 Å². The summed E-state index contributed by atoms with van der Waals surface area (Å²) in [5.41, 5.74) is 6.89. The predicted octanol–water partition coefficient (Wildman–Crippen LogP) is 2.37. The number of benzene rings is 1. The van der Waals surface area contributed by atoms with Gasteiger partial charge in [-0.25, -0.2) is 0 Å². The van der Waals surface area contributed by atoms with Gasteiger partial charge in [0, 0.05) is 17.5 Å². The molecular weight excluding hydrogens is 358 g/mol. The van der Waals surface area contributed by atoms with Crippen molar-refractivity contribution in [3.05, 3.63) is 29.3 Å². The molecule has 7 nitrogen and oxygen atoms in total. The minimum absolute atomic E-state index is 0.178. The Labute approximate surface area is 166 Å². The Morgan fingerprint density at radius 3 is 2.61 bits per heavy atom. The number of ether oxygens (including phenoxy) is 1. The van der Waals surface area contributed by atoms with E-state index in [4.69, 9.17) is 10.5 Å². The van der Waals surface area contributed by atoms with Crippen molar-refractivity contribution in [2.75, 3.05) is 13.2 Å². The van der Waals surface area contributed by atoms with Crippen LogP contribution in [0, 0.1) is 0 Å². The van der Waals surface area contributed by atoms with Gasteiger partial charge >= 0.3 is 0 Å². The van der Waals surface area contributed by atoms with Crippen molar-refractivity contribution < 1.29 is 19.1 Å². The average Bonchev–Trinajstić information content (AvgIpc) is 3.03. The first-order valence-electron chi connectivity index (χ1n) is 10.2. The van der Waals surface area contributed by atoms with Crippen LogP contribution in [0.1, 0.15) is 68.3 Å². The number of hydrogen-bond acceptors (Lipinski definition) is 5. The zero-order valence-corrected chi connectivity index (χ0v) is 16.8. The highest BCUT2D eigenvalue weighted by molar-refractivity contribution is 6.05. The molecule has 0 aromatic heterocycles. The van der Waals surface area contributed by atoms with Crippen molar-refractivity contribution in [1.82, 2.24) is 10.2 Å². The van der Waals surface area contributed by atoms with E-state index in [1.165, 1.54) is 0 Å². The van der Waals surface area contributed by atoms with Crippen molar-refractivity contribution in [2.45, 2.75) is 65.0 Å². The maximum absolute atomic E-state index is 12.7. The van der Waals surface area contributed by atoms with Gasteiger partial charge in [0.25, 0.3) is 5.91 Å². The van der Waals surface area contributed by atoms with E-state index in [0.29, 0.717) is 37.4 Å². The number of amides is 3. The van der Waals surface area contributed by atoms with Gasteiger partial charge in [-0.2, -0.15) is 0 Å². The third-order valence-electron chi connectivity index (χ3n) is 4.90. The Morgan fingerprint density at radius 2 is 1.89 bits per heavy atom. The lowest BCUT2D eigenvalue weighted by atomic mass is 10.0. The van der Waals surface area contributed by atoms with Crippen molar-refractivity contribution >= 4 is 17.7 Å². The fraction of sp³-hybridized carbons (Fsp3) is 0.571. The number of rotatable bonds is 8. The number of piperidine rings is 1. The molecule has 3 rings (SSSR count). The van der Waals surface area contributed by atoms with Crippen LogP contribution in [-0.4, -0.2) is 41.8 Å². The Balaban J connectivity index is 0.00000136. The van der Waals surface area contributed by atoms with Gasteiger partial charge in [-0.1, -0.05) is 32.8 Å². The van der Waals surface area contributed by atoms with Gasteiger partial charge < -0.3 is 15.4 Å². The molecule has 0 bridgehead atoms. The number of carbonyl (C=O) groups is 3. The fourth-order valence-corrected chi connectivity index (χ4v) is 3.47. The van der Waals surface area contributed by atoms with Crippen LogP contribution >= 0.6 is 0 Å². The number of fused-ring (bicyclic) bond motifs is 1. The van der Waals surface area contributed by atoms with Crippen LogP contribution in [-0.2, 0) is 16.1 Å². The van der Waals surface area contributed by atoms with Crippen molar-refractivity contribution in [1.29, 1.82) is 0 Å². The van der Waals surface area contributed by atoms with Gasteiger partial charge in [0.15, 0.2) is 0 Å². The highest BCUT2D eigenvalue weighted by Crippen LogP contribution is 2.33. The van der Waals surface area contributed by atoms with Gasteiger partial charge in [-0.15, -0.1) is 0 Å². The Morgan fingerprint density at radius 1 is 1.14 bits per heavy atom. The summed E-state index contributed by atoms with van der Waals surface area (Å²) in [6.45, 7) is 5.64. The number of nitrogens with zero attached hydrogens (tertiary/aromatic N) is 1. The van der Waals surface area contributed by atoms with E-state index in [0.717, 1.165) is 31.2 Å². The number of hydrogen-bond donors (Lipinski definition) is 2. The van der Waals surface area contributed by atoms with Crippen LogP contribution in [0.4, 0.5) is 0 Å². The van der Waals surface area contributed by atoms with E-state index in [1.54, 1.807) is 17.0 Å². The van der Waals surface area contributed by atoms with Gasteiger partial charge in [0.05, 0.1) is 13.2 Å². The van der Waals surface area contributed by atoms with Crippen LogP contribution in [0.5, 0.6) is 5.75 Å². The van der Waals surface area contributed by atoms with E-state index in [1.807, 2.05) is 19.9 Å². The van der Waals surface area contributed by atoms with Crippen LogP contribution in [0.3, 0.4) is 0 Å². The largest absolute Gasteiger partial charge is 0.493 e. The minimum atomic E-state index is -0.600. The number of carbonyl (C=O) groups excluding carboxylic acids is 3. The molecule has 2 aliphatic heterocycles. The van der Waals surface area contributed by atoms with Gasteiger partial charge in [0.2, 0.25) is 11.8 Å². The van der Waals surface area contributed by atoms with Gasteiger partial charge in [0.1, 0.15) is 11.8 Å². The highest BCUT2D eigenvalue weighted by Gasteiger charge is 2.40. The maximum Gasteiger partial charge on any atom is 0.255 e. The highest BCUT2D eigenvalue weighted by atomic mass is 16.5. The van der Waals surface area contributed by atoms with Crippen molar-refractivity contribution in [3.63, 3.8) is 0 Å². The number of imide groups is 1. The molecule has 154 valence electrons. The lowest BCUT2D eigenvalue weighted by molar-refractivity contribution is -0.136. The lowest BCUT2D eigenvalue weighted by Gasteiger charge is -2.29. The van der Waals surface area contributed by atoms with Crippen LogP contribution in [0.25, 0.3) is 0 Å². The molecule has 1 saturated heterocycles. The summed E-state index contributed by atoms with van der Waals surface area (Å²) in [5, 5.41) is 2.31. The van der Waals surface area contributed by atoms with E-state index in [-0.39, 0.29) is 18.2 Å². The molecule has 3 amide bonds. The normalized spacial score (nSPS) is 18.3. The first kappa shape index (κ1) is 21.9.